The summed E-state index contributed by atoms with van der Waals surface area (Å²) in [4.78, 5) is 31.6. The van der Waals surface area contributed by atoms with E-state index in [0.29, 0.717) is 37.0 Å². The van der Waals surface area contributed by atoms with E-state index in [9.17, 15) is 9.59 Å². The third-order valence-electron chi connectivity index (χ3n) is 5.77. The number of amides is 2. The van der Waals surface area contributed by atoms with E-state index in [0.717, 1.165) is 37.8 Å². The molecule has 0 spiro atoms. The van der Waals surface area contributed by atoms with Crippen LogP contribution in [0.5, 0.6) is 0 Å². The number of hydrogen-bond donors (Lipinski definition) is 2. The highest BCUT2D eigenvalue weighted by Gasteiger charge is 2.29. The van der Waals surface area contributed by atoms with Crippen LogP contribution in [0.25, 0.3) is 11.5 Å². The van der Waals surface area contributed by atoms with Crippen LogP contribution in [-0.4, -0.2) is 53.9 Å². The van der Waals surface area contributed by atoms with Crippen molar-refractivity contribution in [3.8, 4) is 11.5 Å². The standard InChI is InChI=1S/C22H28N4O3.ClH/c1-15-19(25-21(29-15)17-8-3-2-4-9-17)22(28)26-12-6-7-16(14-26)13-24-20(27)18-10-5-11-23-18;/h2-4,8-9,16,18,23H,5-7,10-14H2,1H3,(H,24,27);1H. The first-order valence-electron chi connectivity index (χ1n) is 10.4. The number of nitrogens with one attached hydrogen (secondary N) is 2. The second-order valence-corrected chi connectivity index (χ2v) is 7.94. The Kier molecular flexibility index (Phi) is 7.50. The van der Waals surface area contributed by atoms with Gasteiger partial charge in [-0.1, -0.05) is 18.2 Å². The van der Waals surface area contributed by atoms with Gasteiger partial charge in [-0.2, -0.15) is 0 Å². The highest BCUT2D eigenvalue weighted by molar-refractivity contribution is 5.93. The van der Waals surface area contributed by atoms with Gasteiger partial charge in [0.25, 0.3) is 5.91 Å². The van der Waals surface area contributed by atoms with Crippen LogP contribution in [0.4, 0.5) is 0 Å². The van der Waals surface area contributed by atoms with Crippen LogP contribution < -0.4 is 10.6 Å². The zero-order chi connectivity index (χ0) is 20.2. The summed E-state index contributed by atoms with van der Waals surface area (Å²) in [6, 6.07) is 9.53. The molecule has 2 aliphatic heterocycles. The maximum atomic E-state index is 13.1. The minimum atomic E-state index is -0.0954. The summed E-state index contributed by atoms with van der Waals surface area (Å²) in [5.41, 5.74) is 1.23. The summed E-state index contributed by atoms with van der Waals surface area (Å²) in [5, 5.41) is 6.28. The molecule has 1 aromatic heterocycles. The van der Waals surface area contributed by atoms with Crippen LogP contribution in [0.3, 0.4) is 0 Å². The Hall–Kier alpha value is -2.38. The Morgan fingerprint density at radius 1 is 1.23 bits per heavy atom. The predicted molar refractivity (Wildman–Crippen MR) is 117 cm³/mol. The molecule has 0 bridgehead atoms. The molecule has 162 valence electrons. The van der Waals surface area contributed by atoms with Crippen LogP contribution in [-0.2, 0) is 4.79 Å². The van der Waals surface area contributed by atoms with Crippen LogP contribution >= 0.6 is 12.4 Å². The van der Waals surface area contributed by atoms with E-state index < -0.39 is 0 Å². The molecule has 2 unspecified atom stereocenters. The molecule has 0 saturated carbocycles. The van der Waals surface area contributed by atoms with E-state index in [2.05, 4.69) is 15.6 Å². The number of hydrogen-bond acceptors (Lipinski definition) is 5. The number of benzene rings is 1. The molecule has 2 fully saturated rings. The van der Waals surface area contributed by atoms with Gasteiger partial charge in [-0.3, -0.25) is 9.59 Å². The summed E-state index contributed by atoms with van der Waals surface area (Å²) in [7, 11) is 0. The number of piperidine rings is 1. The number of nitrogens with zero attached hydrogens (tertiary/aromatic N) is 2. The summed E-state index contributed by atoms with van der Waals surface area (Å²) in [5.74, 6) is 1.25. The second-order valence-electron chi connectivity index (χ2n) is 7.94. The summed E-state index contributed by atoms with van der Waals surface area (Å²) >= 11 is 0. The van der Waals surface area contributed by atoms with Crippen molar-refractivity contribution in [2.24, 2.45) is 5.92 Å². The molecule has 7 nitrogen and oxygen atoms in total. The first-order chi connectivity index (χ1) is 14.1. The van der Waals surface area contributed by atoms with Crippen molar-refractivity contribution >= 4 is 24.2 Å². The number of rotatable bonds is 5. The van der Waals surface area contributed by atoms with Crippen LogP contribution in [0.1, 0.15) is 41.9 Å². The number of carbonyl (C=O) groups is 2. The fourth-order valence-electron chi connectivity index (χ4n) is 4.14. The first-order valence-corrected chi connectivity index (χ1v) is 10.4. The van der Waals surface area contributed by atoms with Gasteiger partial charge in [0.1, 0.15) is 5.76 Å². The summed E-state index contributed by atoms with van der Waals surface area (Å²) in [6.07, 6.45) is 3.88. The van der Waals surface area contributed by atoms with E-state index in [-0.39, 0.29) is 36.2 Å². The molecule has 2 saturated heterocycles. The van der Waals surface area contributed by atoms with E-state index >= 15 is 0 Å². The van der Waals surface area contributed by atoms with Crippen LogP contribution in [0.15, 0.2) is 34.7 Å². The van der Waals surface area contributed by atoms with Gasteiger partial charge < -0.3 is 20.0 Å². The first kappa shape index (κ1) is 22.3. The number of aromatic nitrogens is 1. The fraction of sp³-hybridized carbons (Fsp3) is 0.500. The molecule has 3 heterocycles. The molecular formula is C22H29ClN4O3. The third-order valence-corrected chi connectivity index (χ3v) is 5.77. The molecule has 8 heteroatoms. The third kappa shape index (κ3) is 5.02. The largest absolute Gasteiger partial charge is 0.441 e. The highest BCUT2D eigenvalue weighted by Crippen LogP contribution is 2.24. The van der Waals surface area contributed by atoms with E-state index in [1.807, 2.05) is 35.2 Å². The molecule has 2 N–H and O–H groups in total. The Labute approximate surface area is 183 Å². The maximum absolute atomic E-state index is 13.1. The molecular weight excluding hydrogens is 404 g/mol. The molecule has 2 atom stereocenters. The van der Waals surface area contributed by atoms with Crippen molar-refractivity contribution in [3.63, 3.8) is 0 Å². The van der Waals surface area contributed by atoms with Gasteiger partial charge >= 0.3 is 0 Å². The number of oxazole rings is 1. The van der Waals surface area contributed by atoms with Crippen molar-refractivity contribution in [1.29, 1.82) is 0 Å². The van der Waals surface area contributed by atoms with E-state index in [1.54, 1.807) is 6.92 Å². The van der Waals surface area contributed by atoms with E-state index in [1.165, 1.54) is 0 Å². The lowest BCUT2D eigenvalue weighted by Gasteiger charge is -2.32. The average Bonchev–Trinajstić information content (AvgIpc) is 3.42. The highest BCUT2D eigenvalue weighted by atomic mass is 35.5. The second kappa shape index (κ2) is 10.1. The average molecular weight is 433 g/mol. The monoisotopic (exact) mass is 432 g/mol. The van der Waals surface area contributed by atoms with Gasteiger partial charge in [-0.15, -0.1) is 12.4 Å². The number of aryl methyl sites for hydroxylation is 1. The molecule has 2 aliphatic rings. The summed E-state index contributed by atoms with van der Waals surface area (Å²) in [6.45, 7) is 4.63. The molecule has 4 rings (SSSR count). The lowest BCUT2D eigenvalue weighted by Crippen LogP contribution is -2.46. The minimum absolute atomic E-state index is 0. The van der Waals surface area contributed by atoms with Crippen molar-refractivity contribution in [2.75, 3.05) is 26.2 Å². The van der Waals surface area contributed by atoms with Gasteiger partial charge in [-0.25, -0.2) is 4.98 Å². The Morgan fingerprint density at radius 3 is 2.77 bits per heavy atom. The van der Waals surface area contributed by atoms with Crippen LogP contribution in [0, 0.1) is 12.8 Å². The SMILES string of the molecule is Cc1oc(-c2ccccc2)nc1C(=O)N1CCCC(CNC(=O)C2CCCN2)C1.Cl. The maximum Gasteiger partial charge on any atom is 0.276 e. The van der Waals surface area contributed by atoms with Gasteiger partial charge in [0.05, 0.1) is 6.04 Å². The molecule has 30 heavy (non-hydrogen) atoms. The normalized spacial score (nSPS) is 21.2. The molecule has 2 aromatic rings. The number of likely N-dealkylation sites (tertiary alicyclic amines) is 1. The van der Waals surface area contributed by atoms with Crippen molar-refractivity contribution in [3.05, 3.63) is 41.8 Å². The fourth-order valence-corrected chi connectivity index (χ4v) is 4.14. The minimum Gasteiger partial charge on any atom is -0.441 e. The quantitative estimate of drug-likeness (QED) is 0.758. The Morgan fingerprint density at radius 2 is 2.03 bits per heavy atom. The molecule has 1 aromatic carbocycles. The summed E-state index contributed by atoms with van der Waals surface area (Å²) < 4.78 is 5.75. The van der Waals surface area contributed by atoms with Gasteiger partial charge in [0.2, 0.25) is 11.8 Å². The van der Waals surface area contributed by atoms with Gasteiger partial charge in [0, 0.05) is 25.2 Å². The molecule has 0 radical (unpaired) electrons. The molecule has 0 aliphatic carbocycles. The zero-order valence-electron chi connectivity index (χ0n) is 17.2. The van der Waals surface area contributed by atoms with Crippen molar-refractivity contribution < 1.29 is 14.0 Å². The lowest BCUT2D eigenvalue weighted by molar-refractivity contribution is -0.123. The van der Waals surface area contributed by atoms with Crippen molar-refractivity contribution in [1.82, 2.24) is 20.5 Å². The Balaban J connectivity index is 0.00000256. The zero-order valence-corrected chi connectivity index (χ0v) is 18.0. The smallest absolute Gasteiger partial charge is 0.276 e. The predicted octanol–water partition coefficient (Wildman–Crippen LogP) is 2.79. The molecule has 2 amide bonds. The van der Waals surface area contributed by atoms with E-state index in [4.69, 9.17) is 4.42 Å². The van der Waals surface area contributed by atoms with Gasteiger partial charge in [-0.05, 0) is 57.2 Å². The topological polar surface area (TPSA) is 87.5 Å². The van der Waals surface area contributed by atoms with Crippen LogP contribution in [0.2, 0.25) is 0 Å². The number of carbonyl (C=O) groups excluding carboxylic acids is 2. The Bertz CT molecular complexity index is 865. The lowest BCUT2D eigenvalue weighted by atomic mass is 9.97. The van der Waals surface area contributed by atoms with Crippen molar-refractivity contribution in [2.45, 2.75) is 38.6 Å². The number of halogens is 1. The van der Waals surface area contributed by atoms with Gasteiger partial charge in [0.15, 0.2) is 5.69 Å².